The Hall–Kier alpha value is -0.600. The maximum atomic E-state index is 12.1. The molecule has 0 rings (SSSR count). The molecule has 0 saturated carbocycles. The van der Waals surface area contributed by atoms with Gasteiger partial charge in [-0.25, -0.2) is 0 Å². The predicted molar refractivity (Wildman–Crippen MR) is 32.1 cm³/mol. The Balaban J connectivity index is 5.14. The normalized spacial score (nSPS) is 15.1. The summed E-state index contributed by atoms with van der Waals surface area (Å²) in [4.78, 5) is 0. The average Bonchev–Trinajstić information content (AvgIpc) is 1.72. The minimum absolute atomic E-state index is 1.90. The third-order valence-corrected chi connectivity index (χ3v) is 1.56. The molecule has 6 nitrogen and oxygen atoms in total. The Morgan fingerprint density at radius 1 is 0.688 bits per heavy atom. The molecule has 0 N–H and O–H groups in total. The van der Waals surface area contributed by atoms with E-state index in [2.05, 4.69) is 0 Å². The number of alkyl halides is 4. The molecule has 0 aliphatic rings. The van der Waals surface area contributed by atoms with Gasteiger partial charge in [-0.2, -0.15) is 42.8 Å². The van der Waals surface area contributed by atoms with Crippen LogP contribution in [0.3, 0.4) is 0 Å². The van der Waals surface area contributed by atoms with Crippen molar-refractivity contribution in [3.05, 3.63) is 0 Å². The number of halogens is 6. The minimum Gasteiger partial charge on any atom is -0.167 e. The Morgan fingerprint density at radius 3 is 1.00 bits per heavy atom. The standard InChI is InChI=1S/C2F6O6S2/c3-1(4,13-15(7,9)10)2(5,6)14-16(8,11)12. The third kappa shape index (κ3) is 4.95. The van der Waals surface area contributed by atoms with E-state index in [0.717, 1.165) is 0 Å². The van der Waals surface area contributed by atoms with E-state index in [-0.39, 0.29) is 0 Å². The highest BCUT2D eigenvalue weighted by Gasteiger charge is 2.65. The number of hydrogen-bond donors (Lipinski definition) is 0. The zero-order valence-corrected chi connectivity index (χ0v) is 8.17. The van der Waals surface area contributed by atoms with E-state index >= 15 is 0 Å². The van der Waals surface area contributed by atoms with Crippen LogP contribution in [0.2, 0.25) is 0 Å². The van der Waals surface area contributed by atoms with E-state index in [1.165, 1.54) is 0 Å². The van der Waals surface area contributed by atoms with E-state index in [0.29, 0.717) is 0 Å². The highest BCUT2D eigenvalue weighted by atomic mass is 32.3. The molecule has 98 valence electrons. The topological polar surface area (TPSA) is 86.7 Å². The van der Waals surface area contributed by atoms with Gasteiger partial charge in [0.05, 0.1) is 0 Å². The lowest BCUT2D eigenvalue weighted by molar-refractivity contribution is -0.379. The molecule has 0 bridgehead atoms. The molecule has 0 aromatic rings. The molecule has 0 spiro atoms. The summed E-state index contributed by atoms with van der Waals surface area (Å²) in [6.45, 7) is 0. The summed E-state index contributed by atoms with van der Waals surface area (Å²) in [6.07, 6.45) is -12.5. The first-order valence-electron chi connectivity index (χ1n) is 2.72. The minimum atomic E-state index is -6.55. The summed E-state index contributed by atoms with van der Waals surface area (Å²) in [5, 5.41) is 0. The molecule has 0 saturated heterocycles. The van der Waals surface area contributed by atoms with E-state index in [1.807, 2.05) is 8.37 Å². The fraction of sp³-hybridized carbons (Fsp3) is 1.00. The van der Waals surface area contributed by atoms with Gasteiger partial charge in [-0.3, -0.25) is 0 Å². The van der Waals surface area contributed by atoms with Crippen molar-refractivity contribution in [1.29, 1.82) is 0 Å². The van der Waals surface area contributed by atoms with Crippen LogP contribution < -0.4 is 0 Å². The molecule has 0 fully saturated rings. The maximum Gasteiger partial charge on any atom is 0.465 e. The summed E-state index contributed by atoms with van der Waals surface area (Å²) >= 11 is 0. The van der Waals surface area contributed by atoms with Crippen molar-refractivity contribution in [1.82, 2.24) is 0 Å². The van der Waals surface area contributed by atoms with Crippen LogP contribution in [0.25, 0.3) is 0 Å². The summed E-state index contributed by atoms with van der Waals surface area (Å²) in [6, 6.07) is 0. The Morgan fingerprint density at radius 2 is 0.875 bits per heavy atom. The summed E-state index contributed by atoms with van der Waals surface area (Å²) in [7, 11) is -13.1. The fourth-order valence-corrected chi connectivity index (χ4v) is 1.04. The van der Waals surface area contributed by atoms with E-state index in [1.54, 1.807) is 0 Å². The lowest BCUT2D eigenvalue weighted by atomic mass is 10.6. The molecule has 0 aliphatic heterocycles. The van der Waals surface area contributed by atoms with E-state index in [4.69, 9.17) is 0 Å². The average molecular weight is 298 g/mol. The lowest BCUT2D eigenvalue weighted by Gasteiger charge is -2.20. The van der Waals surface area contributed by atoms with Crippen LogP contribution in [0.15, 0.2) is 0 Å². The van der Waals surface area contributed by atoms with Gasteiger partial charge in [0.1, 0.15) is 0 Å². The molecule has 0 heterocycles. The van der Waals surface area contributed by atoms with Gasteiger partial charge in [0, 0.05) is 0 Å². The van der Waals surface area contributed by atoms with Crippen molar-refractivity contribution >= 4 is 21.0 Å². The zero-order chi connectivity index (χ0) is 13.4. The van der Waals surface area contributed by atoms with Crippen LogP contribution in [-0.2, 0) is 29.4 Å². The molecule has 0 aromatic heterocycles. The van der Waals surface area contributed by atoms with Gasteiger partial charge in [-0.1, -0.05) is 7.77 Å². The van der Waals surface area contributed by atoms with Crippen LogP contribution in [0, 0.1) is 0 Å². The highest BCUT2D eigenvalue weighted by molar-refractivity contribution is 7.81. The molecule has 16 heavy (non-hydrogen) atoms. The Bertz CT molecular complexity index is 405. The van der Waals surface area contributed by atoms with Gasteiger partial charge >= 0.3 is 33.2 Å². The van der Waals surface area contributed by atoms with Gasteiger partial charge in [0.25, 0.3) is 0 Å². The van der Waals surface area contributed by atoms with Gasteiger partial charge in [0.2, 0.25) is 0 Å². The Labute approximate surface area is 84.6 Å². The number of hydrogen-bond acceptors (Lipinski definition) is 6. The zero-order valence-electron chi connectivity index (χ0n) is 6.53. The first kappa shape index (κ1) is 15.4. The highest BCUT2D eigenvalue weighted by Crippen LogP contribution is 2.39. The SMILES string of the molecule is O=S(=O)(F)OC(F)(F)C(F)(F)OS(=O)(=O)F. The van der Waals surface area contributed by atoms with Gasteiger partial charge in [0.15, 0.2) is 0 Å². The molecule has 0 aliphatic carbocycles. The molecular formula is C2F6O6S2. The largest absolute Gasteiger partial charge is 0.465 e. The second-order valence-electron chi connectivity index (χ2n) is 1.99. The van der Waals surface area contributed by atoms with Crippen LogP contribution in [0.5, 0.6) is 0 Å². The van der Waals surface area contributed by atoms with E-state index in [9.17, 15) is 42.2 Å². The van der Waals surface area contributed by atoms with Crippen LogP contribution >= 0.6 is 0 Å². The lowest BCUT2D eigenvalue weighted by Crippen LogP contribution is -2.46. The Kier molecular flexibility index (Phi) is 3.86. The summed E-state index contributed by atoms with van der Waals surface area (Å²) < 4.78 is 113. The molecular weight excluding hydrogens is 298 g/mol. The molecule has 0 unspecified atom stereocenters. The second kappa shape index (κ2) is 4.01. The van der Waals surface area contributed by atoms with Crippen molar-refractivity contribution in [2.24, 2.45) is 0 Å². The second-order valence-corrected chi connectivity index (χ2v) is 3.89. The quantitative estimate of drug-likeness (QED) is 0.546. The summed E-state index contributed by atoms with van der Waals surface area (Å²) in [5.41, 5.74) is 0. The maximum absolute atomic E-state index is 12.1. The van der Waals surface area contributed by atoms with Crippen molar-refractivity contribution < 1.29 is 50.5 Å². The summed E-state index contributed by atoms with van der Waals surface area (Å²) in [5.74, 6) is 0. The van der Waals surface area contributed by atoms with Crippen LogP contribution in [-0.4, -0.2) is 29.1 Å². The molecule has 14 heteroatoms. The smallest absolute Gasteiger partial charge is 0.167 e. The van der Waals surface area contributed by atoms with Gasteiger partial charge in [-0.05, 0) is 0 Å². The molecule has 0 aromatic carbocycles. The first-order chi connectivity index (χ1) is 6.66. The number of rotatable bonds is 5. The van der Waals surface area contributed by atoms with Gasteiger partial charge in [-0.15, -0.1) is 0 Å². The molecule has 0 radical (unpaired) electrons. The van der Waals surface area contributed by atoms with Crippen molar-refractivity contribution in [2.75, 3.05) is 0 Å². The predicted octanol–water partition coefficient (Wildman–Crippen LogP) is 0.634. The third-order valence-electron chi connectivity index (χ3n) is 0.747. The monoisotopic (exact) mass is 298 g/mol. The van der Waals surface area contributed by atoms with Crippen molar-refractivity contribution in [3.63, 3.8) is 0 Å². The van der Waals surface area contributed by atoms with E-state index < -0.39 is 33.2 Å². The molecule has 0 atom stereocenters. The van der Waals surface area contributed by atoms with Crippen LogP contribution in [0.4, 0.5) is 25.3 Å². The van der Waals surface area contributed by atoms with Crippen LogP contribution in [0.1, 0.15) is 0 Å². The first-order valence-corrected chi connectivity index (χ1v) is 5.34. The molecule has 0 amide bonds. The van der Waals surface area contributed by atoms with Crippen molar-refractivity contribution in [3.8, 4) is 0 Å². The fourth-order valence-electron chi connectivity index (χ4n) is 0.347. The van der Waals surface area contributed by atoms with Gasteiger partial charge < -0.3 is 0 Å². The van der Waals surface area contributed by atoms with Crippen molar-refractivity contribution in [2.45, 2.75) is 12.2 Å².